The van der Waals surface area contributed by atoms with Gasteiger partial charge < -0.3 is 0 Å². The summed E-state index contributed by atoms with van der Waals surface area (Å²) in [6.07, 6.45) is 4.78. The summed E-state index contributed by atoms with van der Waals surface area (Å²) < 4.78 is 45.2. The Morgan fingerprint density at radius 3 is 1.72 bits per heavy atom. The number of carbonyl (C=O) groups excluding carboxylic acids is 1. The Bertz CT molecular complexity index is 1330. The van der Waals surface area contributed by atoms with Gasteiger partial charge in [-0.1, -0.05) is 0 Å². The molecule has 3 aromatic carbocycles. The van der Waals surface area contributed by atoms with Crippen molar-refractivity contribution in [1.29, 1.82) is 0 Å². The van der Waals surface area contributed by atoms with Crippen LogP contribution in [0.1, 0.15) is 80.3 Å². The van der Waals surface area contributed by atoms with E-state index in [4.69, 9.17) is 28.0 Å². The third-order valence-corrected chi connectivity index (χ3v) is 8.40. The number of ether oxygens (including phenoxy) is 1. The second-order valence-corrected chi connectivity index (χ2v) is 11.7. The molecule has 7 nitrogen and oxygen atoms in total. The third-order valence-electron chi connectivity index (χ3n) is 7.99. The zero-order valence-electron chi connectivity index (χ0n) is 26.3. The van der Waals surface area contributed by atoms with E-state index < -0.39 is 0 Å². The summed E-state index contributed by atoms with van der Waals surface area (Å²) in [4.78, 5) is 13.1. The Labute approximate surface area is 281 Å². The summed E-state index contributed by atoms with van der Waals surface area (Å²) >= 11 is 3.25. The minimum absolute atomic E-state index is 0.0223. The second-order valence-electron chi connectivity index (χ2n) is 10.9. The topological polar surface area (TPSA) is 126 Å². The Kier molecular flexibility index (Phi) is 25.7. The maximum absolute atomic E-state index is 13.1. The first kappa shape index (κ1) is 44.5. The van der Waals surface area contributed by atoms with E-state index in [9.17, 15) is 4.79 Å². The third kappa shape index (κ3) is 14.7. The van der Waals surface area contributed by atoms with Gasteiger partial charge in [-0.25, -0.2) is 0 Å². The molecule has 0 bridgehead atoms. The SMILES string of the molecule is C[C@@H]1CC[C@@H](C(C)(C)c2ccccc2)[C@H](O[C](=[Cr])C[C@H](CC(=O)c2ccccc2)c2ccccc2)C1.[C-]#[O+].[C-]#[O+].[C-]#[O+].[C-]#[O+].[C-]#[O+]. The van der Waals surface area contributed by atoms with Crippen LogP contribution in [-0.2, 0) is 49.3 Å². The zero-order chi connectivity index (χ0) is 35.5. The number of Topliss-reactive ketones (excluding diaryl/α,β-unsaturated/α-hetero) is 1. The average molecular weight is 659 g/mol. The van der Waals surface area contributed by atoms with Gasteiger partial charge in [0.2, 0.25) is 0 Å². The van der Waals surface area contributed by atoms with Crippen LogP contribution >= 0.6 is 0 Å². The van der Waals surface area contributed by atoms with Gasteiger partial charge in [0.05, 0.1) is 0 Å². The van der Waals surface area contributed by atoms with Gasteiger partial charge in [-0.05, 0) is 0 Å². The molecular formula is C38H38CrO7. The predicted octanol–water partition coefficient (Wildman–Crippen LogP) is 7.72. The predicted molar refractivity (Wildman–Crippen MR) is 165 cm³/mol. The molecule has 4 rings (SSSR count). The van der Waals surface area contributed by atoms with E-state index in [1.54, 1.807) is 0 Å². The molecule has 0 aromatic heterocycles. The molecule has 46 heavy (non-hydrogen) atoms. The fraction of sp³-hybridized carbons (Fsp3) is 0.342. The molecule has 238 valence electrons. The molecular weight excluding hydrogens is 620 g/mol. The zero-order valence-corrected chi connectivity index (χ0v) is 27.5. The van der Waals surface area contributed by atoms with Crippen molar-refractivity contribution in [1.82, 2.24) is 0 Å². The summed E-state index contributed by atoms with van der Waals surface area (Å²) in [6, 6.07) is 30.9. The molecule has 0 heterocycles. The van der Waals surface area contributed by atoms with Crippen molar-refractivity contribution in [2.45, 2.75) is 70.3 Å². The van der Waals surface area contributed by atoms with E-state index in [0.29, 0.717) is 24.7 Å². The summed E-state index contributed by atoms with van der Waals surface area (Å²) in [5.41, 5.74) is 3.34. The van der Waals surface area contributed by atoms with Gasteiger partial charge in [-0.15, -0.1) is 0 Å². The molecule has 0 radical (unpaired) electrons. The van der Waals surface area contributed by atoms with E-state index >= 15 is 0 Å². The Morgan fingerprint density at radius 1 is 0.761 bits per heavy atom. The molecule has 0 spiro atoms. The van der Waals surface area contributed by atoms with Crippen LogP contribution in [0.2, 0.25) is 0 Å². The van der Waals surface area contributed by atoms with E-state index in [0.717, 1.165) is 23.0 Å². The normalized spacial score (nSPS) is 16.7. The van der Waals surface area contributed by atoms with Gasteiger partial charge in [0.15, 0.2) is 0 Å². The van der Waals surface area contributed by atoms with Crippen LogP contribution in [0.15, 0.2) is 91.0 Å². The van der Waals surface area contributed by atoms with Crippen LogP contribution in [0.25, 0.3) is 0 Å². The standard InChI is InChI=1S/C33H38O2.5CO.Cr/c1-25-19-20-30(33(2,3)29-17-11-6-12-18-29)32(23-25)35-22-21-28(26-13-7-4-8-14-26)24-31(34)27-15-9-5-10-16-27;5*1-2;/h4-18,25,28,30,32H,19-21,23-24H2,1-3H3;;;;;;/t25-,28-,30-,32-;;;;;;/m1....../s1. The molecule has 0 aliphatic heterocycles. The number of hydrogen-bond acceptors (Lipinski definition) is 2. The molecule has 1 saturated carbocycles. The molecule has 0 unspecified atom stereocenters. The van der Waals surface area contributed by atoms with E-state index in [-0.39, 0.29) is 23.2 Å². The van der Waals surface area contributed by atoms with Gasteiger partial charge in [-0.3, -0.25) is 0 Å². The van der Waals surface area contributed by atoms with Crippen molar-refractivity contribution >= 4 is 10.3 Å². The van der Waals surface area contributed by atoms with Crippen LogP contribution in [0.4, 0.5) is 0 Å². The van der Waals surface area contributed by atoms with E-state index in [1.165, 1.54) is 17.5 Å². The number of carbonyl (C=O) groups is 1. The molecule has 1 aliphatic rings. The molecule has 1 aliphatic carbocycles. The molecule has 8 heteroatoms. The van der Waals surface area contributed by atoms with Crippen molar-refractivity contribution < 1.29 is 48.6 Å². The second kappa shape index (κ2) is 26.6. The van der Waals surface area contributed by atoms with Gasteiger partial charge in [0.25, 0.3) is 0 Å². The van der Waals surface area contributed by atoms with Crippen LogP contribution in [-0.4, -0.2) is 16.5 Å². The summed E-state index contributed by atoms with van der Waals surface area (Å²) in [5.74, 6) is 1.32. The van der Waals surface area contributed by atoms with Crippen molar-refractivity contribution in [3.8, 4) is 0 Å². The molecule has 0 amide bonds. The van der Waals surface area contributed by atoms with Crippen molar-refractivity contribution in [3.05, 3.63) is 141 Å². The number of ketones is 1. The number of benzene rings is 3. The first-order valence-corrected chi connectivity index (χ1v) is 14.9. The first-order chi connectivity index (χ1) is 22.3. The number of rotatable bonds is 10. The fourth-order valence-corrected chi connectivity index (χ4v) is 6.29. The first-order valence-electron chi connectivity index (χ1n) is 14.2. The van der Waals surface area contributed by atoms with Crippen LogP contribution in [0.5, 0.6) is 0 Å². The number of hydrogen-bond donors (Lipinski definition) is 0. The summed E-state index contributed by atoms with van der Waals surface area (Å²) in [5, 5.41) is 0. The molecule has 0 saturated heterocycles. The van der Waals surface area contributed by atoms with Gasteiger partial charge >= 0.3 is 282 Å². The quantitative estimate of drug-likeness (QED) is 0.126. The average Bonchev–Trinajstić information content (AvgIpc) is 3.13. The summed E-state index contributed by atoms with van der Waals surface area (Å²) in [7, 11) is 0. The van der Waals surface area contributed by atoms with Crippen molar-refractivity contribution in [3.63, 3.8) is 0 Å². The van der Waals surface area contributed by atoms with Crippen molar-refractivity contribution in [2.24, 2.45) is 11.8 Å². The molecule has 0 N–H and O–H groups in total. The Morgan fingerprint density at radius 2 is 1.22 bits per heavy atom. The minimum atomic E-state index is 0.0223. The van der Waals surface area contributed by atoms with E-state index in [2.05, 4.69) is 124 Å². The van der Waals surface area contributed by atoms with Crippen LogP contribution in [0, 0.1) is 45.1 Å². The molecule has 4 atom stereocenters. The Balaban J connectivity index is 0. The van der Waals surface area contributed by atoms with Gasteiger partial charge in [0, 0.05) is 0 Å². The van der Waals surface area contributed by atoms with Gasteiger partial charge in [0.1, 0.15) is 0 Å². The maximum atomic E-state index is 13.1. The van der Waals surface area contributed by atoms with Crippen LogP contribution in [0.3, 0.4) is 0 Å². The van der Waals surface area contributed by atoms with Gasteiger partial charge in [-0.2, -0.15) is 0 Å². The van der Waals surface area contributed by atoms with Crippen molar-refractivity contribution in [2.75, 3.05) is 0 Å². The molecule has 1 fully saturated rings. The summed E-state index contributed by atoms with van der Waals surface area (Å²) in [6.45, 7) is 29.6. The van der Waals surface area contributed by atoms with E-state index in [1.807, 2.05) is 36.4 Å². The Hall–Kier alpha value is -3.61. The fourth-order valence-electron chi connectivity index (χ4n) is 5.78. The molecule has 3 aromatic rings. The van der Waals surface area contributed by atoms with Crippen LogP contribution < -0.4 is 0 Å². The monoisotopic (exact) mass is 658 g/mol.